The largest absolute Gasteiger partial charge is 0.444 e. The van der Waals surface area contributed by atoms with Gasteiger partial charge in [-0.15, -0.1) is 0 Å². The molecule has 0 bridgehead atoms. The Hall–Kier alpha value is -1.97. The Morgan fingerprint density at radius 1 is 0.962 bits per heavy atom. The summed E-state index contributed by atoms with van der Waals surface area (Å²) >= 11 is 0. The Balaban J connectivity index is 0. The molecule has 154 valence electrons. The molecule has 0 heterocycles. The van der Waals surface area contributed by atoms with Gasteiger partial charge in [0.2, 0.25) is 0 Å². The van der Waals surface area contributed by atoms with E-state index in [2.05, 4.69) is 10.6 Å². The van der Waals surface area contributed by atoms with E-state index < -0.39 is 42.3 Å². The number of nitrogens with one attached hydrogen (secondary N) is 2. The van der Waals surface area contributed by atoms with Crippen LogP contribution in [0.4, 0.5) is 18.4 Å². The molecule has 0 aliphatic rings. The normalized spacial score (nSPS) is 13.4. The maximum absolute atomic E-state index is 12.4. The van der Waals surface area contributed by atoms with Crippen LogP contribution in [0.15, 0.2) is 0 Å². The minimum Gasteiger partial charge on any atom is -0.444 e. The first-order chi connectivity index (χ1) is 11.7. The van der Waals surface area contributed by atoms with Crippen LogP contribution in [-0.2, 0) is 14.3 Å². The second-order valence-corrected chi connectivity index (χ2v) is 7.20. The molecule has 0 saturated carbocycles. The summed E-state index contributed by atoms with van der Waals surface area (Å²) in [7, 11) is 0. The molecule has 26 heavy (non-hydrogen) atoms. The van der Waals surface area contributed by atoms with Crippen molar-refractivity contribution in [3.63, 3.8) is 0 Å². The van der Waals surface area contributed by atoms with Gasteiger partial charge in [0.25, 0.3) is 0 Å². The fourth-order valence-electron chi connectivity index (χ4n) is 1.12. The van der Waals surface area contributed by atoms with Crippen LogP contribution in [0.25, 0.3) is 0 Å². The van der Waals surface area contributed by atoms with Crippen molar-refractivity contribution in [2.75, 3.05) is 19.7 Å². The first-order valence-corrected chi connectivity index (χ1v) is 7.98. The van der Waals surface area contributed by atoms with Crippen LogP contribution in [0.5, 0.6) is 0 Å². The SMILES string of the molecule is CC(C)(C)OC(=O)NCC(F)CO.CC(C)(C)OC(=O)NC[C@H](F)C=O. The Morgan fingerprint density at radius 2 is 1.35 bits per heavy atom. The van der Waals surface area contributed by atoms with Gasteiger partial charge in [0.15, 0.2) is 12.5 Å². The number of carbonyl (C=O) groups excluding carboxylic acids is 3. The van der Waals surface area contributed by atoms with E-state index in [9.17, 15) is 23.2 Å². The number of ether oxygens (including phenoxy) is 2. The van der Waals surface area contributed by atoms with Crippen LogP contribution in [0.2, 0.25) is 0 Å². The number of carbonyl (C=O) groups is 3. The highest BCUT2D eigenvalue weighted by atomic mass is 19.1. The average molecular weight is 384 g/mol. The smallest absolute Gasteiger partial charge is 0.407 e. The van der Waals surface area contributed by atoms with Crippen molar-refractivity contribution in [2.45, 2.75) is 65.1 Å². The summed E-state index contributed by atoms with van der Waals surface area (Å²) in [5.41, 5.74) is -1.20. The molecule has 1 unspecified atom stereocenters. The van der Waals surface area contributed by atoms with Gasteiger partial charge in [-0.2, -0.15) is 0 Å². The number of rotatable bonds is 6. The number of amides is 2. The Morgan fingerprint density at radius 3 is 1.65 bits per heavy atom. The summed E-state index contributed by atoms with van der Waals surface area (Å²) in [4.78, 5) is 31.6. The van der Waals surface area contributed by atoms with E-state index in [1.54, 1.807) is 41.5 Å². The molecule has 0 fully saturated rings. The highest BCUT2D eigenvalue weighted by Crippen LogP contribution is 2.07. The van der Waals surface area contributed by atoms with Gasteiger partial charge >= 0.3 is 12.2 Å². The first kappa shape index (κ1) is 26.3. The van der Waals surface area contributed by atoms with Gasteiger partial charge in [0.1, 0.15) is 17.4 Å². The summed E-state index contributed by atoms with van der Waals surface area (Å²) in [5.74, 6) is 0. The number of alkyl halides is 2. The molecule has 0 aromatic rings. The number of alkyl carbamates (subject to hydrolysis) is 2. The molecule has 2 amide bonds. The topological polar surface area (TPSA) is 114 Å². The summed E-state index contributed by atoms with van der Waals surface area (Å²) in [5, 5.41) is 12.6. The molecule has 8 nitrogen and oxygen atoms in total. The molecule has 0 aliphatic heterocycles. The van der Waals surface area contributed by atoms with E-state index in [0.717, 1.165) is 0 Å². The number of aliphatic hydroxyl groups excluding tert-OH is 1. The molecule has 0 aromatic heterocycles. The third kappa shape index (κ3) is 20.1. The molecule has 3 N–H and O–H groups in total. The van der Waals surface area contributed by atoms with E-state index in [1.807, 2.05) is 0 Å². The average Bonchev–Trinajstić information content (AvgIpc) is 2.47. The van der Waals surface area contributed by atoms with Gasteiger partial charge in [-0.3, -0.25) is 0 Å². The fraction of sp³-hybridized carbons (Fsp3) is 0.812. The van der Waals surface area contributed by atoms with Crippen molar-refractivity contribution in [1.29, 1.82) is 0 Å². The molecule has 10 heteroatoms. The Kier molecular flexibility index (Phi) is 12.5. The van der Waals surface area contributed by atoms with Crippen LogP contribution in [0.3, 0.4) is 0 Å². The molecule has 0 rings (SSSR count). The lowest BCUT2D eigenvalue weighted by molar-refractivity contribution is -0.111. The van der Waals surface area contributed by atoms with Crippen molar-refractivity contribution in [3.05, 3.63) is 0 Å². The van der Waals surface area contributed by atoms with Gasteiger partial charge in [-0.25, -0.2) is 18.4 Å². The molecule has 0 aromatic carbocycles. The van der Waals surface area contributed by atoms with E-state index in [4.69, 9.17) is 14.6 Å². The molecule has 0 radical (unpaired) electrons. The quantitative estimate of drug-likeness (QED) is 0.603. The summed E-state index contributed by atoms with van der Waals surface area (Å²) in [6.45, 7) is 9.04. The summed E-state index contributed by atoms with van der Waals surface area (Å²) in [6.07, 6.45) is -4.39. The number of hydrogen-bond donors (Lipinski definition) is 3. The highest BCUT2D eigenvalue weighted by Gasteiger charge is 2.17. The lowest BCUT2D eigenvalue weighted by atomic mass is 10.2. The van der Waals surface area contributed by atoms with Crippen molar-refractivity contribution in [2.24, 2.45) is 0 Å². The third-order valence-electron chi connectivity index (χ3n) is 2.05. The third-order valence-corrected chi connectivity index (χ3v) is 2.05. The van der Waals surface area contributed by atoms with Crippen LogP contribution in [0.1, 0.15) is 41.5 Å². The van der Waals surface area contributed by atoms with E-state index in [1.165, 1.54) is 0 Å². The zero-order valence-corrected chi connectivity index (χ0v) is 16.1. The van der Waals surface area contributed by atoms with Crippen LogP contribution < -0.4 is 10.6 Å². The van der Waals surface area contributed by atoms with Crippen molar-refractivity contribution < 1.29 is 37.7 Å². The van der Waals surface area contributed by atoms with Gasteiger partial charge in [-0.1, -0.05) is 0 Å². The number of hydrogen-bond acceptors (Lipinski definition) is 6. The van der Waals surface area contributed by atoms with Crippen LogP contribution in [0, 0.1) is 0 Å². The highest BCUT2D eigenvalue weighted by molar-refractivity contribution is 5.68. The van der Waals surface area contributed by atoms with Gasteiger partial charge in [0.05, 0.1) is 19.7 Å². The lowest BCUT2D eigenvalue weighted by Gasteiger charge is -2.19. The monoisotopic (exact) mass is 384 g/mol. The Labute approximate surface area is 152 Å². The molecule has 0 spiro atoms. The maximum atomic E-state index is 12.4. The van der Waals surface area contributed by atoms with E-state index >= 15 is 0 Å². The number of halogens is 2. The second-order valence-electron chi connectivity index (χ2n) is 7.20. The predicted molar refractivity (Wildman–Crippen MR) is 91.4 cm³/mol. The molecule has 0 aliphatic carbocycles. The standard InChI is InChI=1S/C8H16FNO3.C8H14FNO3/c2*1-8(2,3)13-7(12)10-4-6(9)5-11/h6,11H,4-5H2,1-3H3,(H,10,12);5-6H,4H2,1-3H3,(H,10,12)/t;6-/m.0/s1. The van der Waals surface area contributed by atoms with Crippen LogP contribution >= 0.6 is 0 Å². The number of aliphatic hydroxyl groups is 1. The minimum atomic E-state index is -1.67. The zero-order chi connectivity index (χ0) is 21.0. The molecular weight excluding hydrogens is 354 g/mol. The molecule has 0 saturated heterocycles. The Bertz CT molecular complexity index is 435. The van der Waals surface area contributed by atoms with E-state index in [0.29, 0.717) is 0 Å². The van der Waals surface area contributed by atoms with Crippen molar-refractivity contribution in [1.82, 2.24) is 10.6 Å². The lowest BCUT2D eigenvalue weighted by Crippen LogP contribution is -2.36. The van der Waals surface area contributed by atoms with E-state index in [-0.39, 0.29) is 19.4 Å². The van der Waals surface area contributed by atoms with Gasteiger partial charge in [0, 0.05) is 0 Å². The molecule has 2 atom stereocenters. The minimum absolute atomic E-state index is 0.122. The first-order valence-electron chi connectivity index (χ1n) is 7.98. The second kappa shape index (κ2) is 12.4. The van der Waals surface area contributed by atoms with Crippen molar-refractivity contribution >= 4 is 18.5 Å². The maximum Gasteiger partial charge on any atom is 0.407 e. The predicted octanol–water partition coefficient (Wildman–Crippen LogP) is 1.89. The number of aldehydes is 1. The fourth-order valence-corrected chi connectivity index (χ4v) is 1.12. The zero-order valence-electron chi connectivity index (χ0n) is 16.1. The van der Waals surface area contributed by atoms with Crippen molar-refractivity contribution in [3.8, 4) is 0 Å². The van der Waals surface area contributed by atoms with Crippen LogP contribution in [-0.4, -0.2) is 66.8 Å². The van der Waals surface area contributed by atoms with Gasteiger partial charge < -0.3 is 30.0 Å². The molecular formula is C16H30F2N2O6. The van der Waals surface area contributed by atoms with Gasteiger partial charge in [-0.05, 0) is 41.5 Å². The summed E-state index contributed by atoms with van der Waals surface area (Å²) in [6, 6.07) is 0. The summed E-state index contributed by atoms with van der Waals surface area (Å²) < 4.78 is 34.3.